The number of alkyl halides is 1. The molecule has 0 unspecified atom stereocenters. The lowest BCUT2D eigenvalue weighted by atomic mass is 9.49. The van der Waals surface area contributed by atoms with Gasteiger partial charge in [-0.15, -0.1) is 0 Å². The summed E-state index contributed by atoms with van der Waals surface area (Å²) in [7, 11) is 0. The van der Waals surface area contributed by atoms with Crippen LogP contribution in [0.25, 0.3) is 0 Å². The summed E-state index contributed by atoms with van der Waals surface area (Å²) in [6.45, 7) is 2.05. The summed E-state index contributed by atoms with van der Waals surface area (Å²) in [6.07, 6.45) is 4.33. The number of fused-ring (bicyclic) bond motifs is 5. The minimum Gasteiger partial charge on any atom is -0.506 e. The lowest BCUT2D eigenvalue weighted by Gasteiger charge is -2.55. The lowest BCUT2D eigenvalue weighted by Crippen LogP contribution is -2.53. The van der Waals surface area contributed by atoms with Crippen LogP contribution in [-0.2, 0) is 11.2 Å². The predicted molar refractivity (Wildman–Crippen MR) is 92.3 cm³/mol. The molecule has 0 bridgehead atoms. The minimum atomic E-state index is -1.26. The molecule has 0 amide bonds. The van der Waals surface area contributed by atoms with Gasteiger partial charge in [0.05, 0.1) is 5.02 Å². The molecule has 5 atom stereocenters. The van der Waals surface area contributed by atoms with E-state index in [0.717, 1.165) is 38.5 Å². The van der Waals surface area contributed by atoms with Gasteiger partial charge in [0, 0.05) is 5.41 Å². The molecule has 4 rings (SSSR count). The Morgan fingerprint density at radius 2 is 2.08 bits per heavy atom. The molecule has 0 aliphatic heterocycles. The highest BCUT2D eigenvalue weighted by molar-refractivity contribution is 6.32. The summed E-state index contributed by atoms with van der Waals surface area (Å²) < 4.78 is 14.1. The molecule has 0 saturated heterocycles. The number of carbonyl (C=O) groups is 1. The number of hydrogen-bond acceptors (Lipinski definition) is 2. The van der Waals surface area contributed by atoms with Crippen molar-refractivity contribution < 1.29 is 14.3 Å². The maximum Gasteiger partial charge on any atom is 0.173 e. The van der Waals surface area contributed by atoms with E-state index >= 15 is 0 Å². The largest absolute Gasteiger partial charge is 0.506 e. The van der Waals surface area contributed by atoms with Gasteiger partial charge in [0.1, 0.15) is 5.75 Å². The van der Waals surface area contributed by atoms with E-state index in [2.05, 4.69) is 6.92 Å². The Bertz CT molecular complexity index is 688. The van der Waals surface area contributed by atoms with Crippen LogP contribution in [0.1, 0.15) is 62.5 Å². The molecular formula is C20H24ClFO2. The molecular weight excluding hydrogens is 327 g/mol. The second-order valence-corrected chi connectivity index (χ2v) is 8.28. The van der Waals surface area contributed by atoms with Crippen molar-refractivity contribution in [1.29, 1.82) is 0 Å². The summed E-state index contributed by atoms with van der Waals surface area (Å²) in [4.78, 5) is 12.7. The van der Waals surface area contributed by atoms with Crippen LogP contribution in [0.5, 0.6) is 5.75 Å². The van der Waals surface area contributed by atoms with Gasteiger partial charge in [-0.1, -0.05) is 18.5 Å². The normalized spacial score (nSPS) is 38.2. The number of halogens is 2. The van der Waals surface area contributed by atoms with Crippen LogP contribution in [0.4, 0.5) is 4.39 Å². The van der Waals surface area contributed by atoms with Crippen molar-refractivity contribution in [2.24, 2.45) is 17.3 Å². The fraction of sp³-hybridized carbons (Fsp3) is 0.650. The second-order valence-electron chi connectivity index (χ2n) is 7.88. The molecule has 1 aromatic rings. The molecule has 2 fully saturated rings. The standard InChI is InChI=1S/C20H24ClFO2/c1-2-20-8-7-12-13(15(20)5-6-17(22)19(20)24)4-3-11-9-18(23)16(21)10-14(11)12/h9-10,12-13,15,17,23H,2-8H2,1H3/t12-,13+,15-,17+,20-/m0/s1. The van der Waals surface area contributed by atoms with Crippen LogP contribution < -0.4 is 0 Å². The van der Waals surface area contributed by atoms with E-state index in [1.807, 2.05) is 6.07 Å². The van der Waals surface area contributed by atoms with E-state index in [-0.39, 0.29) is 11.5 Å². The van der Waals surface area contributed by atoms with Gasteiger partial charge in [0.15, 0.2) is 12.0 Å². The van der Waals surface area contributed by atoms with Crippen LogP contribution in [0.3, 0.4) is 0 Å². The molecule has 2 saturated carbocycles. The van der Waals surface area contributed by atoms with Crippen LogP contribution in [0.2, 0.25) is 5.02 Å². The van der Waals surface area contributed by atoms with Crippen LogP contribution in [-0.4, -0.2) is 17.1 Å². The molecule has 1 N–H and O–H groups in total. The van der Waals surface area contributed by atoms with Crippen molar-refractivity contribution in [1.82, 2.24) is 0 Å². The van der Waals surface area contributed by atoms with Gasteiger partial charge in [-0.05, 0) is 86.0 Å². The number of aromatic hydroxyl groups is 1. The first-order valence-electron chi connectivity index (χ1n) is 9.17. The smallest absolute Gasteiger partial charge is 0.173 e. The van der Waals surface area contributed by atoms with E-state index in [0.29, 0.717) is 29.2 Å². The average molecular weight is 351 g/mol. The topological polar surface area (TPSA) is 37.3 Å². The van der Waals surface area contributed by atoms with E-state index in [4.69, 9.17) is 11.6 Å². The van der Waals surface area contributed by atoms with E-state index in [9.17, 15) is 14.3 Å². The number of carbonyl (C=O) groups excluding carboxylic acids is 1. The van der Waals surface area contributed by atoms with Crippen molar-refractivity contribution in [3.8, 4) is 5.75 Å². The van der Waals surface area contributed by atoms with Gasteiger partial charge in [-0.25, -0.2) is 4.39 Å². The molecule has 1 aromatic carbocycles. The Labute approximate surface area is 147 Å². The summed E-state index contributed by atoms with van der Waals surface area (Å²) in [5.74, 6) is 1.14. The number of rotatable bonds is 1. The fourth-order valence-corrected chi connectivity index (χ4v) is 6.15. The summed E-state index contributed by atoms with van der Waals surface area (Å²) in [5.41, 5.74) is 1.98. The van der Waals surface area contributed by atoms with Gasteiger partial charge < -0.3 is 5.11 Å². The highest BCUT2D eigenvalue weighted by atomic mass is 35.5. The first-order chi connectivity index (χ1) is 11.5. The number of benzene rings is 1. The summed E-state index contributed by atoms with van der Waals surface area (Å²) >= 11 is 6.16. The first-order valence-corrected chi connectivity index (χ1v) is 9.55. The summed E-state index contributed by atoms with van der Waals surface area (Å²) in [6, 6.07) is 3.73. The molecule has 0 spiro atoms. The maximum absolute atomic E-state index is 14.1. The quantitative estimate of drug-likeness (QED) is 0.755. The van der Waals surface area contributed by atoms with Gasteiger partial charge >= 0.3 is 0 Å². The SMILES string of the molecule is CC[C@]12CC[C@@H]3c4cc(Cl)c(O)cc4CC[C@H]3[C@@H]1CC[C@@H](F)C2=O. The van der Waals surface area contributed by atoms with E-state index < -0.39 is 11.6 Å². The molecule has 3 aliphatic rings. The molecule has 0 radical (unpaired) electrons. The van der Waals surface area contributed by atoms with Gasteiger partial charge in [0.2, 0.25) is 0 Å². The number of aryl methyl sites for hydroxylation is 1. The van der Waals surface area contributed by atoms with Crippen LogP contribution in [0, 0.1) is 17.3 Å². The van der Waals surface area contributed by atoms with E-state index in [1.165, 1.54) is 11.1 Å². The molecule has 0 heterocycles. The third-order valence-corrected chi connectivity index (χ3v) is 7.44. The molecule has 130 valence electrons. The molecule has 0 aromatic heterocycles. The van der Waals surface area contributed by atoms with E-state index in [1.54, 1.807) is 6.07 Å². The van der Waals surface area contributed by atoms with Gasteiger partial charge in [-0.2, -0.15) is 0 Å². The number of hydrogen-bond donors (Lipinski definition) is 1. The lowest BCUT2D eigenvalue weighted by molar-refractivity contribution is -0.149. The highest BCUT2D eigenvalue weighted by Crippen LogP contribution is 2.60. The Balaban J connectivity index is 1.73. The number of Topliss-reactive ketones (excluding diaryl/α,β-unsaturated/α-hetero) is 1. The number of phenolic OH excluding ortho intramolecular Hbond substituents is 1. The zero-order valence-corrected chi connectivity index (χ0v) is 14.8. The van der Waals surface area contributed by atoms with Crippen molar-refractivity contribution in [2.75, 3.05) is 0 Å². The third kappa shape index (κ3) is 2.16. The van der Waals surface area contributed by atoms with Crippen LogP contribution in [0.15, 0.2) is 12.1 Å². The number of ketones is 1. The van der Waals surface area contributed by atoms with Gasteiger partial charge in [0.25, 0.3) is 0 Å². The third-order valence-electron chi connectivity index (χ3n) is 7.14. The van der Waals surface area contributed by atoms with Gasteiger partial charge in [-0.3, -0.25) is 4.79 Å². The molecule has 2 nitrogen and oxygen atoms in total. The average Bonchev–Trinajstić information content (AvgIpc) is 2.58. The minimum absolute atomic E-state index is 0.130. The Hall–Kier alpha value is -1.09. The zero-order chi connectivity index (χ0) is 17.1. The molecule has 24 heavy (non-hydrogen) atoms. The summed E-state index contributed by atoms with van der Waals surface area (Å²) in [5, 5.41) is 10.3. The van der Waals surface area contributed by atoms with Crippen molar-refractivity contribution in [2.45, 2.75) is 64.0 Å². The molecule has 4 heteroatoms. The first kappa shape index (κ1) is 16.4. The highest BCUT2D eigenvalue weighted by Gasteiger charge is 2.57. The Morgan fingerprint density at radius 3 is 2.83 bits per heavy atom. The zero-order valence-electron chi connectivity index (χ0n) is 14.0. The Kier molecular flexibility index (Phi) is 3.91. The second kappa shape index (κ2) is 5.72. The van der Waals surface area contributed by atoms with Crippen molar-refractivity contribution >= 4 is 17.4 Å². The number of phenols is 1. The van der Waals surface area contributed by atoms with Crippen molar-refractivity contribution in [3.63, 3.8) is 0 Å². The van der Waals surface area contributed by atoms with Crippen molar-refractivity contribution in [3.05, 3.63) is 28.3 Å². The Morgan fingerprint density at radius 1 is 1.29 bits per heavy atom. The molecule has 3 aliphatic carbocycles. The maximum atomic E-state index is 14.1. The predicted octanol–water partition coefficient (Wildman–Crippen LogP) is 5.20. The fourth-order valence-electron chi connectivity index (χ4n) is 5.97. The monoisotopic (exact) mass is 350 g/mol. The van der Waals surface area contributed by atoms with Crippen LogP contribution >= 0.6 is 11.6 Å².